The number of carbonyl (C=O) groups is 2. The number of carbonyl (C=O) groups excluding carboxylic acids is 2. The van der Waals surface area contributed by atoms with Gasteiger partial charge < -0.3 is 4.74 Å². The monoisotopic (exact) mass is 296 g/mol. The van der Waals surface area contributed by atoms with Crippen molar-refractivity contribution in [2.24, 2.45) is 4.99 Å². The zero-order valence-electron chi connectivity index (χ0n) is 11.2. The molecule has 0 bridgehead atoms. The summed E-state index contributed by atoms with van der Waals surface area (Å²) >= 11 is 0. The number of anilines is 1. The Morgan fingerprint density at radius 3 is 2.55 bits per heavy atom. The van der Waals surface area contributed by atoms with E-state index in [2.05, 4.69) is 4.99 Å². The lowest BCUT2D eigenvalue weighted by molar-refractivity contribution is -0.121. The van der Waals surface area contributed by atoms with E-state index in [-0.39, 0.29) is 5.69 Å². The van der Waals surface area contributed by atoms with Gasteiger partial charge in [-0.05, 0) is 36.4 Å². The van der Waals surface area contributed by atoms with E-state index in [0.29, 0.717) is 17.0 Å². The van der Waals surface area contributed by atoms with Crippen LogP contribution in [0.4, 0.5) is 14.9 Å². The van der Waals surface area contributed by atoms with E-state index in [1.54, 1.807) is 24.3 Å². The summed E-state index contributed by atoms with van der Waals surface area (Å²) in [6.45, 7) is 0. The molecule has 5 nitrogen and oxygen atoms in total. The molecule has 0 spiro atoms. The molecule has 3 amide bonds. The van der Waals surface area contributed by atoms with Crippen LogP contribution in [0.25, 0.3) is 0 Å². The number of imide groups is 1. The van der Waals surface area contributed by atoms with Crippen molar-refractivity contribution >= 4 is 23.3 Å². The Balaban J connectivity index is 1.78. The minimum Gasteiger partial charge on any atom is -0.473 e. The number of fused-ring (bicyclic) bond motifs is 3. The summed E-state index contributed by atoms with van der Waals surface area (Å²) in [5.41, 5.74) is 1.23. The van der Waals surface area contributed by atoms with E-state index < -0.39 is 23.9 Å². The number of benzene rings is 2. The summed E-state index contributed by atoms with van der Waals surface area (Å²) in [6, 6.07) is 11.4. The van der Waals surface area contributed by atoms with Crippen LogP contribution >= 0.6 is 0 Å². The fourth-order valence-corrected chi connectivity index (χ4v) is 2.58. The minimum absolute atomic E-state index is 0.263. The molecule has 0 saturated carbocycles. The lowest BCUT2D eigenvalue weighted by atomic mass is 10.0. The number of para-hydroxylation sites is 1. The van der Waals surface area contributed by atoms with Gasteiger partial charge in [-0.15, -0.1) is 0 Å². The highest BCUT2D eigenvalue weighted by atomic mass is 19.1. The van der Waals surface area contributed by atoms with Crippen LogP contribution < -0.4 is 9.64 Å². The van der Waals surface area contributed by atoms with Crippen LogP contribution in [-0.2, 0) is 4.79 Å². The summed E-state index contributed by atoms with van der Waals surface area (Å²) in [6.07, 6.45) is -0.944. The smallest absolute Gasteiger partial charge is 0.355 e. The summed E-state index contributed by atoms with van der Waals surface area (Å²) in [5, 5.41) is 0. The number of hydrogen-bond acceptors (Lipinski definition) is 3. The predicted octanol–water partition coefficient (Wildman–Crippen LogP) is 2.54. The van der Waals surface area contributed by atoms with Crippen LogP contribution in [0.3, 0.4) is 0 Å². The molecule has 1 unspecified atom stereocenters. The molecule has 22 heavy (non-hydrogen) atoms. The summed E-state index contributed by atoms with van der Waals surface area (Å²) < 4.78 is 18.6. The number of halogens is 1. The van der Waals surface area contributed by atoms with Crippen molar-refractivity contribution in [3.8, 4) is 5.75 Å². The maximum atomic E-state index is 13.0. The number of urea groups is 1. The van der Waals surface area contributed by atoms with E-state index >= 15 is 0 Å². The molecule has 0 aliphatic carbocycles. The van der Waals surface area contributed by atoms with Crippen molar-refractivity contribution in [1.29, 1.82) is 0 Å². The quantitative estimate of drug-likeness (QED) is 0.812. The van der Waals surface area contributed by atoms with Gasteiger partial charge in [-0.1, -0.05) is 12.1 Å². The highest BCUT2D eigenvalue weighted by molar-refractivity contribution is 6.34. The number of amides is 3. The van der Waals surface area contributed by atoms with Crippen molar-refractivity contribution in [2.45, 2.75) is 6.10 Å². The van der Waals surface area contributed by atoms with Crippen molar-refractivity contribution < 1.29 is 18.7 Å². The summed E-state index contributed by atoms with van der Waals surface area (Å²) in [7, 11) is 0. The third-order valence-corrected chi connectivity index (χ3v) is 3.59. The molecule has 1 atom stereocenters. The second kappa shape index (κ2) is 4.49. The van der Waals surface area contributed by atoms with Gasteiger partial charge in [0.25, 0.3) is 5.91 Å². The maximum Gasteiger partial charge on any atom is 0.355 e. The highest BCUT2D eigenvalue weighted by Crippen LogP contribution is 2.33. The van der Waals surface area contributed by atoms with Crippen molar-refractivity contribution in [3.05, 3.63) is 59.9 Å². The van der Waals surface area contributed by atoms with E-state index in [9.17, 15) is 14.0 Å². The topological polar surface area (TPSA) is 59.0 Å². The summed E-state index contributed by atoms with van der Waals surface area (Å²) in [4.78, 5) is 29.7. The van der Waals surface area contributed by atoms with Crippen molar-refractivity contribution in [3.63, 3.8) is 0 Å². The first kappa shape index (κ1) is 12.7. The van der Waals surface area contributed by atoms with Crippen molar-refractivity contribution in [1.82, 2.24) is 0 Å². The Morgan fingerprint density at radius 1 is 1.05 bits per heavy atom. The van der Waals surface area contributed by atoms with Crippen LogP contribution in [0.1, 0.15) is 5.56 Å². The van der Waals surface area contributed by atoms with Crippen LogP contribution in [0.5, 0.6) is 5.75 Å². The number of nitrogens with zero attached hydrogens (tertiary/aromatic N) is 2. The fourth-order valence-electron chi connectivity index (χ4n) is 2.58. The third-order valence-electron chi connectivity index (χ3n) is 3.59. The van der Waals surface area contributed by atoms with E-state index in [4.69, 9.17) is 4.74 Å². The second-order valence-electron chi connectivity index (χ2n) is 4.92. The van der Waals surface area contributed by atoms with Gasteiger partial charge in [-0.2, -0.15) is 4.99 Å². The molecule has 0 fully saturated rings. The molecule has 2 aromatic carbocycles. The number of hydrogen-bond donors (Lipinski definition) is 0. The van der Waals surface area contributed by atoms with E-state index in [1.807, 2.05) is 0 Å². The molecule has 2 aliphatic heterocycles. The average molecular weight is 296 g/mol. The molecule has 108 valence electrons. The SMILES string of the molecule is O=C1N=C2c3ccccc3OC2C(=O)N1c1ccc(F)cc1. The minimum atomic E-state index is -0.944. The molecule has 0 radical (unpaired) electrons. The third kappa shape index (κ3) is 1.74. The van der Waals surface area contributed by atoms with Crippen molar-refractivity contribution in [2.75, 3.05) is 4.90 Å². The first-order valence-corrected chi connectivity index (χ1v) is 6.63. The van der Waals surface area contributed by atoms with Gasteiger partial charge in [0.1, 0.15) is 17.3 Å². The zero-order chi connectivity index (χ0) is 15.3. The standard InChI is InChI=1S/C16H9FN2O3/c17-9-5-7-10(8-6-9)19-15(20)14-13(18-16(19)21)11-3-1-2-4-12(11)22-14/h1-8,14H. The van der Waals surface area contributed by atoms with Crippen LogP contribution in [0.2, 0.25) is 0 Å². The van der Waals surface area contributed by atoms with Gasteiger partial charge in [-0.25, -0.2) is 14.1 Å². The average Bonchev–Trinajstić information content (AvgIpc) is 2.88. The first-order valence-electron chi connectivity index (χ1n) is 6.63. The highest BCUT2D eigenvalue weighted by Gasteiger charge is 2.45. The van der Waals surface area contributed by atoms with Gasteiger partial charge in [0.05, 0.1) is 5.69 Å². The van der Waals surface area contributed by atoms with Gasteiger partial charge in [0.2, 0.25) is 6.10 Å². The Kier molecular flexibility index (Phi) is 2.59. The normalized spacial score (nSPS) is 19.4. The van der Waals surface area contributed by atoms with E-state index in [1.165, 1.54) is 24.3 Å². The zero-order valence-corrected chi connectivity index (χ0v) is 11.2. The molecule has 0 N–H and O–H groups in total. The molecule has 2 aromatic rings. The summed E-state index contributed by atoms with van der Waals surface area (Å²) in [5.74, 6) is -0.458. The molecular formula is C16H9FN2O3. The Labute approximate surface area is 124 Å². The lowest BCUT2D eigenvalue weighted by Crippen LogP contribution is -2.50. The molecular weight excluding hydrogens is 287 g/mol. The second-order valence-corrected chi connectivity index (χ2v) is 4.92. The first-order chi connectivity index (χ1) is 10.6. The Bertz CT molecular complexity index is 830. The van der Waals surface area contributed by atoms with E-state index in [0.717, 1.165) is 4.90 Å². The van der Waals surface area contributed by atoms with Gasteiger partial charge in [-0.3, -0.25) is 4.79 Å². The largest absolute Gasteiger partial charge is 0.473 e. The van der Waals surface area contributed by atoms with Crippen LogP contribution in [0.15, 0.2) is 53.5 Å². The molecule has 6 heteroatoms. The maximum absolute atomic E-state index is 13.0. The molecule has 0 saturated heterocycles. The van der Waals surface area contributed by atoms with Crippen LogP contribution in [-0.4, -0.2) is 23.8 Å². The number of ether oxygens (including phenoxy) is 1. The Morgan fingerprint density at radius 2 is 1.77 bits per heavy atom. The fraction of sp³-hybridized carbons (Fsp3) is 0.0625. The van der Waals surface area contributed by atoms with Gasteiger partial charge in [0, 0.05) is 5.56 Å². The number of rotatable bonds is 1. The molecule has 4 rings (SSSR count). The lowest BCUT2D eigenvalue weighted by Gasteiger charge is -2.25. The number of aliphatic imine (C=N–C) groups is 1. The predicted molar refractivity (Wildman–Crippen MR) is 76.7 cm³/mol. The van der Waals surface area contributed by atoms with Gasteiger partial charge in [0.15, 0.2) is 0 Å². The molecule has 2 heterocycles. The molecule has 2 aliphatic rings. The van der Waals surface area contributed by atoms with Gasteiger partial charge >= 0.3 is 6.03 Å². The van der Waals surface area contributed by atoms with Crippen LogP contribution in [0, 0.1) is 5.82 Å². The molecule has 0 aromatic heterocycles. The Hall–Kier alpha value is -3.02.